The van der Waals surface area contributed by atoms with Crippen molar-refractivity contribution in [3.05, 3.63) is 59.2 Å². The molecule has 0 aliphatic rings. The molecule has 3 heteroatoms. The van der Waals surface area contributed by atoms with E-state index in [1.165, 1.54) is 6.07 Å². The maximum Gasteiger partial charge on any atom is 0.134 e. The molecule has 2 aromatic carbocycles. The summed E-state index contributed by atoms with van der Waals surface area (Å²) in [5.74, 6) is -0.827. The van der Waals surface area contributed by atoms with Crippen LogP contribution < -0.4 is 5.73 Å². The lowest BCUT2D eigenvalue weighted by Gasteiger charge is -2.08. The Labute approximate surface area is 98.9 Å². The lowest BCUT2D eigenvalue weighted by molar-refractivity contribution is 0.610. The van der Waals surface area contributed by atoms with Crippen molar-refractivity contribution in [1.82, 2.24) is 0 Å². The molecule has 0 fully saturated rings. The third-order valence-corrected chi connectivity index (χ3v) is 2.75. The first-order chi connectivity index (χ1) is 8.13. The second kappa shape index (κ2) is 4.63. The van der Waals surface area contributed by atoms with Gasteiger partial charge in [-0.15, -0.1) is 0 Å². The molecule has 2 aromatic rings. The van der Waals surface area contributed by atoms with Crippen molar-refractivity contribution in [2.24, 2.45) is 5.73 Å². The van der Waals surface area contributed by atoms with Crippen molar-refractivity contribution in [3.8, 4) is 11.1 Å². The summed E-state index contributed by atoms with van der Waals surface area (Å²) in [5.41, 5.74) is 7.31. The SMILES string of the molecule is Cc1cccc(-c2cc(CN)ccc2F)c1F. The van der Waals surface area contributed by atoms with Crippen LogP contribution in [-0.2, 0) is 6.54 Å². The van der Waals surface area contributed by atoms with E-state index < -0.39 is 5.82 Å². The Morgan fingerprint density at radius 1 is 1.06 bits per heavy atom. The summed E-state index contributed by atoms with van der Waals surface area (Å²) < 4.78 is 27.6. The maximum atomic E-state index is 13.9. The average Bonchev–Trinajstić information content (AvgIpc) is 2.34. The first kappa shape index (κ1) is 11.7. The van der Waals surface area contributed by atoms with Gasteiger partial charge in [-0.05, 0) is 30.2 Å². The Hall–Kier alpha value is -1.74. The average molecular weight is 233 g/mol. The van der Waals surface area contributed by atoms with Gasteiger partial charge >= 0.3 is 0 Å². The standard InChI is InChI=1S/C14H13F2N/c1-9-3-2-4-11(14(9)16)12-7-10(8-17)5-6-13(12)15/h2-7H,8,17H2,1H3. The van der Waals surface area contributed by atoms with Crippen LogP contribution >= 0.6 is 0 Å². The van der Waals surface area contributed by atoms with Crippen LogP contribution in [0.3, 0.4) is 0 Å². The Morgan fingerprint density at radius 2 is 1.82 bits per heavy atom. The first-order valence-corrected chi connectivity index (χ1v) is 5.37. The molecule has 0 saturated carbocycles. The molecule has 17 heavy (non-hydrogen) atoms. The predicted molar refractivity (Wildman–Crippen MR) is 64.4 cm³/mol. The molecule has 0 aliphatic heterocycles. The van der Waals surface area contributed by atoms with Crippen molar-refractivity contribution < 1.29 is 8.78 Å². The van der Waals surface area contributed by atoms with E-state index in [1.807, 2.05) is 0 Å². The van der Waals surface area contributed by atoms with Crippen LogP contribution in [-0.4, -0.2) is 0 Å². The van der Waals surface area contributed by atoms with Gasteiger partial charge in [0.2, 0.25) is 0 Å². The van der Waals surface area contributed by atoms with Gasteiger partial charge in [0.15, 0.2) is 0 Å². The number of hydrogen-bond donors (Lipinski definition) is 1. The van der Waals surface area contributed by atoms with Crippen molar-refractivity contribution in [1.29, 1.82) is 0 Å². The highest BCUT2D eigenvalue weighted by molar-refractivity contribution is 5.66. The zero-order valence-electron chi connectivity index (χ0n) is 9.50. The van der Waals surface area contributed by atoms with Crippen molar-refractivity contribution in [3.63, 3.8) is 0 Å². The quantitative estimate of drug-likeness (QED) is 0.845. The molecule has 0 heterocycles. The minimum absolute atomic E-state index is 0.258. The topological polar surface area (TPSA) is 26.0 Å². The van der Waals surface area contributed by atoms with Crippen LogP contribution in [0.25, 0.3) is 11.1 Å². The zero-order valence-corrected chi connectivity index (χ0v) is 9.50. The molecule has 0 spiro atoms. The van der Waals surface area contributed by atoms with Gasteiger partial charge in [-0.1, -0.05) is 24.3 Å². The molecule has 88 valence electrons. The lowest BCUT2D eigenvalue weighted by Crippen LogP contribution is -1.98. The number of nitrogens with two attached hydrogens (primary N) is 1. The van der Waals surface area contributed by atoms with E-state index in [2.05, 4.69) is 0 Å². The van der Waals surface area contributed by atoms with E-state index in [1.54, 1.807) is 37.3 Å². The van der Waals surface area contributed by atoms with E-state index in [0.717, 1.165) is 5.56 Å². The van der Waals surface area contributed by atoms with Gasteiger partial charge in [0.25, 0.3) is 0 Å². The van der Waals surface area contributed by atoms with Gasteiger partial charge in [0.1, 0.15) is 11.6 Å². The molecule has 2 N–H and O–H groups in total. The molecule has 0 bridgehead atoms. The van der Waals surface area contributed by atoms with Crippen LogP contribution in [0.15, 0.2) is 36.4 Å². The number of benzene rings is 2. The number of halogens is 2. The fourth-order valence-corrected chi connectivity index (χ4v) is 1.76. The van der Waals surface area contributed by atoms with Crippen LogP contribution in [0.1, 0.15) is 11.1 Å². The van der Waals surface area contributed by atoms with Gasteiger partial charge < -0.3 is 5.73 Å². The summed E-state index contributed by atoms with van der Waals surface area (Å²) in [4.78, 5) is 0. The normalized spacial score (nSPS) is 10.6. The lowest BCUT2D eigenvalue weighted by atomic mass is 10.00. The summed E-state index contributed by atoms with van der Waals surface area (Å²) in [6.07, 6.45) is 0. The van der Waals surface area contributed by atoms with E-state index in [4.69, 9.17) is 5.73 Å². The molecular formula is C14H13F2N. The number of hydrogen-bond acceptors (Lipinski definition) is 1. The van der Waals surface area contributed by atoms with E-state index in [-0.39, 0.29) is 16.9 Å². The molecule has 0 amide bonds. The smallest absolute Gasteiger partial charge is 0.134 e. The highest BCUT2D eigenvalue weighted by Crippen LogP contribution is 2.27. The zero-order chi connectivity index (χ0) is 12.4. The fraction of sp³-hybridized carbons (Fsp3) is 0.143. The predicted octanol–water partition coefficient (Wildman–Crippen LogP) is 3.40. The van der Waals surface area contributed by atoms with Crippen molar-refractivity contribution in [2.45, 2.75) is 13.5 Å². The Kier molecular flexibility index (Phi) is 3.20. The van der Waals surface area contributed by atoms with Gasteiger partial charge in [-0.25, -0.2) is 8.78 Å². The van der Waals surface area contributed by atoms with Crippen molar-refractivity contribution >= 4 is 0 Å². The minimum Gasteiger partial charge on any atom is -0.326 e. The monoisotopic (exact) mass is 233 g/mol. The number of rotatable bonds is 2. The maximum absolute atomic E-state index is 13.9. The van der Waals surface area contributed by atoms with E-state index in [0.29, 0.717) is 12.1 Å². The van der Waals surface area contributed by atoms with Gasteiger partial charge in [-0.2, -0.15) is 0 Å². The highest BCUT2D eigenvalue weighted by atomic mass is 19.1. The van der Waals surface area contributed by atoms with Gasteiger partial charge in [0.05, 0.1) is 0 Å². The Bertz CT molecular complexity index is 550. The Balaban J connectivity index is 2.63. The van der Waals surface area contributed by atoms with Gasteiger partial charge in [0, 0.05) is 17.7 Å². The molecule has 0 saturated heterocycles. The van der Waals surface area contributed by atoms with Crippen LogP contribution in [0.2, 0.25) is 0 Å². The second-order valence-electron chi connectivity index (χ2n) is 3.95. The third-order valence-electron chi connectivity index (χ3n) is 2.75. The molecule has 0 aromatic heterocycles. The fourth-order valence-electron chi connectivity index (χ4n) is 1.76. The van der Waals surface area contributed by atoms with Gasteiger partial charge in [-0.3, -0.25) is 0 Å². The summed E-state index contributed by atoms with van der Waals surface area (Å²) in [6, 6.07) is 9.45. The molecule has 1 nitrogen and oxygen atoms in total. The summed E-state index contributed by atoms with van der Waals surface area (Å²) >= 11 is 0. The molecule has 2 rings (SSSR count). The molecule has 0 radical (unpaired) electrons. The van der Waals surface area contributed by atoms with Crippen LogP contribution in [0.5, 0.6) is 0 Å². The third kappa shape index (κ3) is 2.19. The summed E-state index contributed by atoms with van der Waals surface area (Å²) in [6.45, 7) is 1.96. The molecule has 0 atom stereocenters. The molecule has 0 unspecified atom stereocenters. The summed E-state index contributed by atoms with van der Waals surface area (Å²) in [7, 11) is 0. The van der Waals surface area contributed by atoms with Crippen LogP contribution in [0, 0.1) is 18.6 Å². The minimum atomic E-state index is -0.438. The first-order valence-electron chi connectivity index (χ1n) is 5.37. The van der Waals surface area contributed by atoms with Crippen LogP contribution in [0.4, 0.5) is 8.78 Å². The van der Waals surface area contributed by atoms with E-state index >= 15 is 0 Å². The molecular weight excluding hydrogens is 220 g/mol. The van der Waals surface area contributed by atoms with Crippen molar-refractivity contribution in [2.75, 3.05) is 0 Å². The second-order valence-corrected chi connectivity index (χ2v) is 3.95. The summed E-state index contributed by atoms with van der Waals surface area (Å²) in [5, 5.41) is 0. The Morgan fingerprint density at radius 3 is 2.53 bits per heavy atom. The number of aryl methyl sites for hydroxylation is 1. The highest BCUT2D eigenvalue weighted by Gasteiger charge is 2.11. The van der Waals surface area contributed by atoms with E-state index in [9.17, 15) is 8.78 Å². The largest absolute Gasteiger partial charge is 0.326 e. The molecule has 0 aliphatic carbocycles.